The fourth-order valence-corrected chi connectivity index (χ4v) is 3.08. The number of carbonyl (C=O) groups excluding carboxylic acids is 1. The van der Waals surface area contributed by atoms with Gasteiger partial charge in [0.25, 0.3) is 10.1 Å². The first-order chi connectivity index (χ1) is 12.2. The second-order valence-electron chi connectivity index (χ2n) is 6.71. The molecule has 0 saturated carbocycles. The van der Waals surface area contributed by atoms with Crippen LogP contribution in [-0.4, -0.2) is 55.7 Å². The minimum absolute atomic E-state index is 0.199. The predicted molar refractivity (Wildman–Crippen MR) is 110 cm³/mol. The van der Waals surface area contributed by atoms with Crippen LogP contribution in [0.2, 0.25) is 0 Å². The topological polar surface area (TPSA) is 86.7 Å². The largest absolute Gasteiger partial charge is 0.352 e. The van der Waals surface area contributed by atoms with Gasteiger partial charge in [-0.1, -0.05) is 53.5 Å². The third-order valence-electron chi connectivity index (χ3n) is 3.79. The van der Waals surface area contributed by atoms with E-state index in [9.17, 15) is 13.2 Å². The lowest BCUT2D eigenvalue weighted by atomic mass is 10.2. The van der Waals surface area contributed by atoms with Crippen molar-refractivity contribution in [2.45, 2.75) is 66.2 Å². The summed E-state index contributed by atoms with van der Waals surface area (Å²) in [6, 6.07) is 0. The van der Waals surface area contributed by atoms with Crippen LogP contribution in [0.15, 0.2) is 12.7 Å². The van der Waals surface area contributed by atoms with Crippen molar-refractivity contribution in [1.29, 1.82) is 0 Å². The van der Waals surface area contributed by atoms with Crippen LogP contribution in [0.5, 0.6) is 0 Å². The van der Waals surface area contributed by atoms with E-state index in [1.54, 1.807) is 6.92 Å². The molecule has 0 aromatic carbocycles. The van der Waals surface area contributed by atoms with Gasteiger partial charge in [0.2, 0.25) is 5.91 Å². The van der Waals surface area contributed by atoms with Crippen molar-refractivity contribution in [3.63, 3.8) is 0 Å². The Balaban J connectivity index is 0. The van der Waals surface area contributed by atoms with E-state index in [0.29, 0.717) is 0 Å². The Morgan fingerprint density at radius 1 is 1.08 bits per heavy atom. The van der Waals surface area contributed by atoms with Crippen LogP contribution < -0.4 is 5.32 Å². The summed E-state index contributed by atoms with van der Waals surface area (Å²) in [7, 11) is -3.96. The molecule has 0 aliphatic rings. The van der Waals surface area contributed by atoms with Gasteiger partial charge in [0.1, 0.15) is 0 Å². The smallest absolute Gasteiger partial charge is 0.265 e. The van der Waals surface area contributed by atoms with Crippen molar-refractivity contribution in [1.82, 2.24) is 10.2 Å². The average molecular weight is 393 g/mol. The van der Waals surface area contributed by atoms with Crippen molar-refractivity contribution in [3.05, 3.63) is 12.7 Å². The highest BCUT2D eigenvalue weighted by molar-refractivity contribution is 7.85. The zero-order chi connectivity index (χ0) is 20.4. The predicted octanol–water partition coefficient (Wildman–Crippen LogP) is 3.50. The molecule has 0 aliphatic heterocycles. The molecule has 1 atom stereocenters. The van der Waals surface area contributed by atoms with E-state index in [2.05, 4.69) is 37.6 Å². The van der Waals surface area contributed by atoms with Gasteiger partial charge in [0.05, 0.1) is 5.75 Å². The SMILES string of the molecule is C=CC(=O)NCC(C)CS(=O)(=O)O.CCCCN(CCCC)CCCC. The number of unbranched alkanes of at least 4 members (excludes halogenated alkanes) is 3. The van der Waals surface area contributed by atoms with Gasteiger partial charge in [-0.2, -0.15) is 8.42 Å². The van der Waals surface area contributed by atoms with Crippen LogP contribution in [0.3, 0.4) is 0 Å². The van der Waals surface area contributed by atoms with Gasteiger partial charge < -0.3 is 10.2 Å². The summed E-state index contributed by atoms with van der Waals surface area (Å²) in [4.78, 5) is 13.3. The first-order valence-electron chi connectivity index (χ1n) is 9.77. The Bertz CT molecular complexity index is 433. The van der Waals surface area contributed by atoms with Crippen molar-refractivity contribution in [2.75, 3.05) is 31.9 Å². The molecule has 0 bridgehead atoms. The second-order valence-corrected chi connectivity index (χ2v) is 8.20. The Labute approximate surface area is 161 Å². The van der Waals surface area contributed by atoms with Crippen LogP contribution >= 0.6 is 0 Å². The third kappa shape index (κ3) is 21.1. The highest BCUT2D eigenvalue weighted by Gasteiger charge is 2.12. The monoisotopic (exact) mass is 392 g/mol. The minimum atomic E-state index is -3.96. The third-order valence-corrected chi connectivity index (χ3v) is 4.78. The summed E-state index contributed by atoms with van der Waals surface area (Å²) in [5.74, 6) is -1.04. The first-order valence-corrected chi connectivity index (χ1v) is 11.4. The fourth-order valence-electron chi connectivity index (χ4n) is 2.25. The molecular formula is C19H40N2O4S. The van der Waals surface area contributed by atoms with Crippen LogP contribution in [-0.2, 0) is 14.9 Å². The van der Waals surface area contributed by atoms with Crippen LogP contribution in [0.4, 0.5) is 0 Å². The molecule has 26 heavy (non-hydrogen) atoms. The van der Waals surface area contributed by atoms with Crippen LogP contribution in [0, 0.1) is 5.92 Å². The van der Waals surface area contributed by atoms with E-state index in [1.165, 1.54) is 58.2 Å². The maximum Gasteiger partial charge on any atom is 0.265 e. The maximum atomic E-state index is 10.6. The summed E-state index contributed by atoms with van der Waals surface area (Å²) in [5.41, 5.74) is 0. The Hall–Kier alpha value is -0.920. The molecule has 1 unspecified atom stereocenters. The molecule has 2 N–H and O–H groups in total. The number of hydrogen-bond acceptors (Lipinski definition) is 4. The summed E-state index contributed by atoms with van der Waals surface area (Å²) < 4.78 is 29.2. The molecule has 1 amide bonds. The van der Waals surface area contributed by atoms with Gasteiger partial charge in [-0.25, -0.2) is 0 Å². The van der Waals surface area contributed by atoms with Crippen molar-refractivity contribution in [3.8, 4) is 0 Å². The van der Waals surface area contributed by atoms with Gasteiger partial charge in [-0.05, 0) is 50.9 Å². The van der Waals surface area contributed by atoms with Gasteiger partial charge in [-0.15, -0.1) is 0 Å². The Kier molecular flexibility index (Phi) is 18.4. The van der Waals surface area contributed by atoms with Crippen LogP contribution in [0.1, 0.15) is 66.2 Å². The second kappa shape index (κ2) is 17.5. The molecule has 0 aromatic heterocycles. The fraction of sp³-hybridized carbons (Fsp3) is 0.842. The van der Waals surface area contributed by atoms with E-state index in [4.69, 9.17) is 4.55 Å². The normalized spacial score (nSPS) is 12.2. The number of rotatable bonds is 14. The standard InChI is InChI=1S/C12H27N.C7H13NO4S/c1-4-7-10-13(11-8-5-2)12-9-6-3;1-3-7(9)8-4-6(2)5-13(10,11)12/h4-12H2,1-3H3;3,6H,1,4-5H2,2H3,(H,8,9)(H,10,11,12). The molecule has 0 saturated heterocycles. The quantitative estimate of drug-likeness (QED) is 0.349. The maximum absolute atomic E-state index is 10.6. The molecule has 0 aliphatic carbocycles. The lowest BCUT2D eigenvalue weighted by Gasteiger charge is -2.21. The van der Waals surface area contributed by atoms with Gasteiger partial charge in [0, 0.05) is 6.54 Å². The van der Waals surface area contributed by atoms with Gasteiger partial charge >= 0.3 is 0 Å². The average Bonchev–Trinajstić information content (AvgIpc) is 2.58. The molecular weight excluding hydrogens is 352 g/mol. The summed E-state index contributed by atoms with van der Waals surface area (Å²) in [6.07, 6.45) is 9.19. The molecule has 156 valence electrons. The number of carbonyl (C=O) groups is 1. The lowest BCUT2D eigenvalue weighted by molar-refractivity contribution is -0.116. The lowest BCUT2D eigenvalue weighted by Crippen LogP contribution is -2.29. The molecule has 0 radical (unpaired) electrons. The number of nitrogens with zero attached hydrogens (tertiary/aromatic N) is 1. The highest BCUT2D eigenvalue weighted by Crippen LogP contribution is 2.01. The van der Waals surface area contributed by atoms with E-state index in [1.807, 2.05) is 0 Å². The van der Waals surface area contributed by atoms with E-state index in [0.717, 1.165) is 6.08 Å². The molecule has 0 rings (SSSR count). The number of hydrogen-bond donors (Lipinski definition) is 2. The van der Waals surface area contributed by atoms with E-state index >= 15 is 0 Å². The Morgan fingerprint density at radius 2 is 1.50 bits per heavy atom. The van der Waals surface area contributed by atoms with E-state index < -0.39 is 10.1 Å². The van der Waals surface area contributed by atoms with Gasteiger partial charge in [0.15, 0.2) is 0 Å². The first kappa shape index (κ1) is 27.3. The minimum Gasteiger partial charge on any atom is -0.352 e. The summed E-state index contributed by atoms with van der Waals surface area (Å²) >= 11 is 0. The van der Waals surface area contributed by atoms with Gasteiger partial charge in [-0.3, -0.25) is 9.35 Å². The van der Waals surface area contributed by atoms with Crippen molar-refractivity contribution in [2.24, 2.45) is 5.92 Å². The molecule has 0 fully saturated rings. The van der Waals surface area contributed by atoms with Crippen molar-refractivity contribution < 1.29 is 17.8 Å². The number of nitrogens with one attached hydrogen (secondary N) is 1. The summed E-state index contributed by atoms with van der Waals surface area (Å²) in [6.45, 7) is 15.8. The molecule has 0 aromatic rings. The summed E-state index contributed by atoms with van der Waals surface area (Å²) in [5, 5.41) is 2.42. The molecule has 6 nitrogen and oxygen atoms in total. The zero-order valence-corrected chi connectivity index (χ0v) is 18.0. The Morgan fingerprint density at radius 3 is 1.81 bits per heavy atom. The molecule has 7 heteroatoms. The van der Waals surface area contributed by atoms with E-state index in [-0.39, 0.29) is 24.1 Å². The van der Waals surface area contributed by atoms with Crippen molar-refractivity contribution >= 4 is 16.0 Å². The molecule has 0 heterocycles. The highest BCUT2D eigenvalue weighted by atomic mass is 32.2. The number of amides is 1. The zero-order valence-electron chi connectivity index (χ0n) is 17.2. The van der Waals surface area contributed by atoms with Crippen LogP contribution in [0.25, 0.3) is 0 Å². The molecule has 0 spiro atoms.